The van der Waals surface area contributed by atoms with Gasteiger partial charge in [0.15, 0.2) is 0 Å². The molecule has 0 spiro atoms. The van der Waals surface area contributed by atoms with Crippen molar-refractivity contribution in [2.24, 2.45) is 5.92 Å². The molecule has 6 rings (SSSR count). The van der Waals surface area contributed by atoms with E-state index in [2.05, 4.69) is 4.72 Å². The number of nitrogens with one attached hydrogen (secondary N) is 1. The highest BCUT2D eigenvalue weighted by Gasteiger charge is 2.36. The first kappa shape index (κ1) is 57.3. The summed E-state index contributed by atoms with van der Waals surface area (Å²) in [6.07, 6.45) is 1.35. The highest BCUT2D eigenvalue weighted by Crippen LogP contribution is 2.31. The molecule has 73 heavy (non-hydrogen) atoms. The standard InChI is InChI=1S/C50H63N5O13S5/c1-38-6-20-46(21-7-38)69(58,59)51-44(36-43-16-18-45(19-17-43)55(56)57)37-54(72(64,65)49-26-12-41(4)13-27-49)33-32-52(70(60,61)47-22-8-39(2)9-23-47)30-31-53(71(62,63)48-24-10-40(3)11-25-48)34-35-68-73(66,67)50-28-14-42(5)15-29-50/h6-15,20-29,43-45,51H,16-19,30-37H2,1-5H3. The van der Waals surface area contributed by atoms with E-state index in [4.69, 9.17) is 4.18 Å². The second kappa shape index (κ2) is 24.2. The van der Waals surface area contributed by atoms with E-state index in [0.29, 0.717) is 12.8 Å². The molecule has 0 aromatic heterocycles. The molecule has 0 saturated heterocycles. The predicted molar refractivity (Wildman–Crippen MR) is 277 cm³/mol. The highest BCUT2D eigenvalue weighted by atomic mass is 32.2. The minimum absolute atomic E-state index is 0.0771. The Morgan fingerprint density at radius 1 is 0.493 bits per heavy atom. The first-order valence-electron chi connectivity index (χ1n) is 23.7. The van der Waals surface area contributed by atoms with Crippen molar-refractivity contribution in [2.45, 2.75) is 103 Å². The number of nitro groups is 1. The Morgan fingerprint density at radius 3 is 1.21 bits per heavy atom. The van der Waals surface area contributed by atoms with Gasteiger partial charge >= 0.3 is 0 Å². The Morgan fingerprint density at radius 2 is 0.822 bits per heavy atom. The summed E-state index contributed by atoms with van der Waals surface area (Å²) < 4.78 is 154. The number of aryl methyl sites for hydroxylation is 5. The predicted octanol–water partition coefficient (Wildman–Crippen LogP) is 6.58. The van der Waals surface area contributed by atoms with E-state index in [1.165, 1.54) is 60.7 Å². The van der Waals surface area contributed by atoms with Crippen molar-refractivity contribution in [1.82, 2.24) is 17.6 Å². The lowest BCUT2D eigenvalue weighted by molar-refractivity contribution is -0.527. The molecule has 1 fully saturated rings. The van der Waals surface area contributed by atoms with Crippen LogP contribution in [0.15, 0.2) is 146 Å². The van der Waals surface area contributed by atoms with E-state index in [-0.39, 0.29) is 54.6 Å². The molecule has 5 aromatic carbocycles. The maximum Gasteiger partial charge on any atom is 0.297 e. The number of rotatable bonds is 25. The summed E-state index contributed by atoms with van der Waals surface area (Å²) in [6.45, 7) is 4.94. The summed E-state index contributed by atoms with van der Waals surface area (Å²) in [5.41, 5.74) is 3.84. The molecule has 5 aromatic rings. The van der Waals surface area contributed by atoms with Gasteiger partial charge in [-0.1, -0.05) is 88.5 Å². The van der Waals surface area contributed by atoms with Gasteiger partial charge in [-0.2, -0.15) is 21.3 Å². The molecule has 1 saturated carbocycles. The molecule has 23 heteroatoms. The summed E-state index contributed by atoms with van der Waals surface area (Å²) in [6, 6.07) is 27.8. The van der Waals surface area contributed by atoms with Crippen molar-refractivity contribution in [2.75, 3.05) is 45.9 Å². The maximum absolute atomic E-state index is 14.9. The first-order valence-corrected chi connectivity index (χ1v) is 30.9. The smallest absolute Gasteiger partial charge is 0.265 e. The van der Waals surface area contributed by atoms with Crippen LogP contribution in [0.5, 0.6) is 0 Å². The second-order valence-electron chi connectivity index (χ2n) is 18.5. The number of hydrogen-bond donors (Lipinski definition) is 1. The summed E-state index contributed by atoms with van der Waals surface area (Å²) >= 11 is 0. The fraction of sp³-hybridized carbons (Fsp3) is 0.400. The van der Waals surface area contributed by atoms with E-state index >= 15 is 0 Å². The zero-order valence-electron chi connectivity index (χ0n) is 41.4. The van der Waals surface area contributed by atoms with Gasteiger partial charge in [0.1, 0.15) is 0 Å². The minimum atomic E-state index is -4.56. The van der Waals surface area contributed by atoms with Crippen LogP contribution in [0.1, 0.15) is 59.9 Å². The van der Waals surface area contributed by atoms with Gasteiger partial charge in [-0.25, -0.2) is 38.4 Å². The topological polar surface area (TPSA) is 245 Å². The molecule has 0 amide bonds. The molecule has 0 heterocycles. The lowest BCUT2D eigenvalue weighted by atomic mass is 9.82. The molecule has 1 aliphatic carbocycles. The van der Waals surface area contributed by atoms with Gasteiger partial charge in [0, 0.05) is 63.1 Å². The summed E-state index contributed by atoms with van der Waals surface area (Å²) in [4.78, 5) is 10.6. The molecular weight excluding hydrogens is 1040 g/mol. The van der Waals surface area contributed by atoms with Crippen LogP contribution < -0.4 is 4.72 Å². The number of hydrogen-bond acceptors (Lipinski definition) is 13. The SMILES string of the molecule is Cc1ccc(S(=O)(=O)NC(CC2CCC([N+](=O)[O-])CC2)CN(CCN(CCN(CCOS(=O)(=O)c2ccc(C)cc2)S(=O)(=O)c2ccc(C)cc2)S(=O)(=O)c2ccc(C)cc2)S(=O)(=O)c2ccc(C)cc2)cc1. The quantitative estimate of drug-likeness (QED) is 0.0369. The zero-order valence-corrected chi connectivity index (χ0v) is 45.5. The van der Waals surface area contributed by atoms with Gasteiger partial charge in [-0.3, -0.25) is 14.3 Å². The fourth-order valence-corrected chi connectivity index (χ4v) is 14.9. The van der Waals surface area contributed by atoms with E-state index in [1.54, 1.807) is 95.3 Å². The summed E-state index contributed by atoms with van der Waals surface area (Å²) in [7, 11) is -22.2. The average Bonchev–Trinajstić information content (AvgIpc) is 3.33. The van der Waals surface area contributed by atoms with Gasteiger partial charge < -0.3 is 0 Å². The van der Waals surface area contributed by atoms with Crippen molar-refractivity contribution in [3.8, 4) is 0 Å². The Bertz CT molecular complexity index is 3250. The summed E-state index contributed by atoms with van der Waals surface area (Å²) in [5, 5.41) is 11.6. The minimum Gasteiger partial charge on any atom is -0.265 e. The van der Waals surface area contributed by atoms with Gasteiger partial charge in [-0.15, -0.1) is 0 Å². The van der Waals surface area contributed by atoms with Crippen molar-refractivity contribution < 1.29 is 51.2 Å². The lowest BCUT2D eigenvalue weighted by Crippen LogP contribution is -2.50. The van der Waals surface area contributed by atoms with Crippen LogP contribution in [-0.4, -0.2) is 118 Å². The van der Waals surface area contributed by atoms with E-state index in [1.807, 2.05) is 0 Å². The zero-order chi connectivity index (χ0) is 53.4. The second-order valence-corrected chi connectivity index (χ2v) is 27.7. The molecule has 1 N–H and O–H groups in total. The highest BCUT2D eigenvalue weighted by molar-refractivity contribution is 7.90. The number of benzene rings is 5. The Balaban J connectivity index is 1.37. The van der Waals surface area contributed by atoms with Gasteiger partial charge in [0.25, 0.3) is 10.1 Å². The largest absolute Gasteiger partial charge is 0.297 e. The maximum atomic E-state index is 14.9. The van der Waals surface area contributed by atoms with E-state index in [0.717, 1.165) is 40.7 Å². The van der Waals surface area contributed by atoms with Crippen molar-refractivity contribution >= 4 is 50.2 Å². The van der Waals surface area contributed by atoms with Crippen LogP contribution in [0.2, 0.25) is 0 Å². The first-order chi connectivity index (χ1) is 34.3. The van der Waals surface area contributed by atoms with Gasteiger partial charge in [-0.05, 0) is 120 Å². The number of nitrogens with zero attached hydrogens (tertiary/aromatic N) is 4. The van der Waals surface area contributed by atoms with Crippen LogP contribution >= 0.6 is 0 Å². The molecular formula is C50H63N5O13S5. The molecule has 0 aliphatic heterocycles. The van der Waals surface area contributed by atoms with Crippen LogP contribution in [-0.2, 0) is 54.4 Å². The third-order valence-corrected chi connectivity index (χ3v) is 21.4. The molecule has 1 aliphatic rings. The average molecular weight is 1100 g/mol. The molecule has 1 unspecified atom stereocenters. The van der Waals surface area contributed by atoms with Crippen molar-refractivity contribution in [3.63, 3.8) is 0 Å². The lowest BCUT2D eigenvalue weighted by Gasteiger charge is -2.33. The van der Waals surface area contributed by atoms with Crippen LogP contribution in [0, 0.1) is 50.7 Å². The van der Waals surface area contributed by atoms with Gasteiger partial charge in [0.2, 0.25) is 46.1 Å². The fourth-order valence-electron chi connectivity index (χ4n) is 8.46. The van der Waals surface area contributed by atoms with E-state index in [9.17, 15) is 52.2 Å². The molecule has 1 atom stereocenters. The molecule has 396 valence electrons. The van der Waals surface area contributed by atoms with Crippen molar-refractivity contribution in [1.29, 1.82) is 0 Å². The number of sulfonamides is 4. The van der Waals surface area contributed by atoms with E-state index < -0.39 is 108 Å². The Kier molecular flexibility index (Phi) is 19.0. The van der Waals surface area contributed by atoms with Crippen molar-refractivity contribution in [3.05, 3.63) is 159 Å². The monoisotopic (exact) mass is 1100 g/mol. The molecule has 0 bridgehead atoms. The summed E-state index contributed by atoms with van der Waals surface area (Å²) in [5.74, 6) is -0.235. The Hall–Kier alpha value is -4.95. The van der Waals surface area contributed by atoms with Gasteiger partial charge in [0.05, 0.1) is 31.1 Å². The third-order valence-electron chi connectivity index (χ3n) is 12.9. The molecule has 0 radical (unpaired) electrons. The normalized spacial score (nSPS) is 16.5. The third kappa shape index (κ3) is 15.1. The Labute approximate surface area is 430 Å². The molecule has 18 nitrogen and oxygen atoms in total. The van der Waals surface area contributed by atoms with Crippen LogP contribution in [0.4, 0.5) is 0 Å². The van der Waals surface area contributed by atoms with Crippen LogP contribution in [0.25, 0.3) is 0 Å². The van der Waals surface area contributed by atoms with Crippen LogP contribution in [0.3, 0.4) is 0 Å².